The van der Waals surface area contributed by atoms with Gasteiger partial charge in [-0.25, -0.2) is 0 Å². The van der Waals surface area contributed by atoms with Gasteiger partial charge in [-0.2, -0.15) is 0 Å². The number of hydrogen-bond donors (Lipinski definition) is 2. The Bertz CT molecular complexity index is 798. The van der Waals surface area contributed by atoms with Gasteiger partial charge in [-0.05, 0) is 23.8 Å². The van der Waals surface area contributed by atoms with E-state index >= 15 is 0 Å². The third-order valence-electron chi connectivity index (χ3n) is 4.83. The average molecular weight is 388 g/mol. The molecule has 0 bridgehead atoms. The third kappa shape index (κ3) is 2.25. The second-order valence-corrected chi connectivity index (χ2v) is 7.19. The number of carbonyl (C=O) groups excluding carboxylic acids is 1. The molecule has 0 aliphatic carbocycles. The third-order valence-corrected chi connectivity index (χ3v) is 5.32. The summed E-state index contributed by atoms with van der Waals surface area (Å²) in [6, 6.07) is 15.7. The summed E-state index contributed by atoms with van der Waals surface area (Å²) in [5.41, 5.74) is 7.10. The van der Waals surface area contributed by atoms with Crippen LogP contribution in [-0.4, -0.2) is 24.1 Å². The molecule has 0 radical (unpaired) electrons. The minimum Gasteiger partial charge on any atom is -0.485 e. The SMILES string of the molecule is CN1C(=O)C2(CC(c3ccccc3)Oc3ccc(Br)cc32)NC1N. The Kier molecular flexibility index (Phi) is 3.63. The Hall–Kier alpha value is -1.89. The van der Waals surface area contributed by atoms with Crippen molar-refractivity contribution in [1.29, 1.82) is 0 Å². The topological polar surface area (TPSA) is 67.6 Å². The molecule has 4 rings (SSSR count). The van der Waals surface area contributed by atoms with Crippen molar-refractivity contribution in [2.24, 2.45) is 5.73 Å². The number of hydrogen-bond acceptors (Lipinski definition) is 4. The lowest BCUT2D eigenvalue weighted by atomic mass is 9.80. The number of amides is 1. The van der Waals surface area contributed by atoms with E-state index < -0.39 is 11.8 Å². The molecule has 0 saturated carbocycles. The van der Waals surface area contributed by atoms with Gasteiger partial charge in [0, 0.05) is 23.5 Å². The van der Waals surface area contributed by atoms with E-state index in [1.807, 2.05) is 48.5 Å². The zero-order chi connectivity index (χ0) is 16.9. The Morgan fingerprint density at radius 3 is 2.71 bits per heavy atom. The first-order valence-electron chi connectivity index (χ1n) is 7.83. The largest absolute Gasteiger partial charge is 0.485 e. The summed E-state index contributed by atoms with van der Waals surface area (Å²) in [4.78, 5) is 14.6. The summed E-state index contributed by atoms with van der Waals surface area (Å²) in [6.07, 6.45) is -0.231. The van der Waals surface area contributed by atoms with Gasteiger partial charge in [0.05, 0.1) is 0 Å². The molecule has 124 valence electrons. The summed E-state index contributed by atoms with van der Waals surface area (Å²) in [6.45, 7) is 0. The number of halogens is 1. The van der Waals surface area contributed by atoms with Crippen LogP contribution in [0.2, 0.25) is 0 Å². The monoisotopic (exact) mass is 387 g/mol. The van der Waals surface area contributed by atoms with Gasteiger partial charge < -0.3 is 9.64 Å². The summed E-state index contributed by atoms with van der Waals surface area (Å²) >= 11 is 3.49. The number of ether oxygens (including phenoxy) is 1. The minimum atomic E-state index is -0.869. The van der Waals surface area contributed by atoms with E-state index in [0.29, 0.717) is 12.2 Å². The van der Waals surface area contributed by atoms with E-state index in [-0.39, 0.29) is 12.0 Å². The molecule has 1 amide bonds. The Labute approximate surface area is 148 Å². The lowest BCUT2D eigenvalue weighted by Gasteiger charge is -2.38. The van der Waals surface area contributed by atoms with Crippen LogP contribution in [0.3, 0.4) is 0 Å². The first-order chi connectivity index (χ1) is 11.5. The molecule has 5 nitrogen and oxygen atoms in total. The fourth-order valence-electron chi connectivity index (χ4n) is 3.55. The number of rotatable bonds is 1. The number of nitrogens with two attached hydrogens (primary N) is 1. The van der Waals surface area contributed by atoms with Gasteiger partial charge in [-0.3, -0.25) is 15.8 Å². The highest BCUT2D eigenvalue weighted by molar-refractivity contribution is 9.10. The maximum atomic E-state index is 13.1. The Balaban J connectivity index is 1.86. The zero-order valence-electron chi connectivity index (χ0n) is 13.2. The van der Waals surface area contributed by atoms with E-state index in [1.165, 1.54) is 0 Å². The van der Waals surface area contributed by atoms with Crippen molar-refractivity contribution in [3.63, 3.8) is 0 Å². The van der Waals surface area contributed by atoms with E-state index in [2.05, 4.69) is 21.2 Å². The van der Waals surface area contributed by atoms with Crippen LogP contribution in [0.4, 0.5) is 0 Å². The molecule has 2 aliphatic heterocycles. The molecule has 2 heterocycles. The highest BCUT2D eigenvalue weighted by atomic mass is 79.9. The molecule has 3 atom stereocenters. The van der Waals surface area contributed by atoms with Crippen LogP contribution in [0.25, 0.3) is 0 Å². The molecule has 2 aromatic rings. The van der Waals surface area contributed by atoms with Crippen molar-refractivity contribution in [3.05, 3.63) is 64.1 Å². The molecule has 1 saturated heterocycles. The van der Waals surface area contributed by atoms with Gasteiger partial charge in [0.25, 0.3) is 0 Å². The molecule has 3 unspecified atom stereocenters. The second-order valence-electron chi connectivity index (χ2n) is 6.27. The first kappa shape index (κ1) is 15.6. The first-order valence-corrected chi connectivity index (χ1v) is 8.63. The molecular formula is C18H18BrN3O2. The molecule has 2 aromatic carbocycles. The molecular weight excluding hydrogens is 370 g/mol. The van der Waals surface area contributed by atoms with Crippen LogP contribution in [0, 0.1) is 0 Å². The Morgan fingerprint density at radius 1 is 1.29 bits per heavy atom. The second kappa shape index (κ2) is 5.58. The summed E-state index contributed by atoms with van der Waals surface area (Å²) < 4.78 is 7.11. The van der Waals surface area contributed by atoms with Crippen molar-refractivity contribution < 1.29 is 9.53 Å². The number of nitrogens with zero attached hydrogens (tertiary/aromatic N) is 1. The van der Waals surface area contributed by atoms with Crippen molar-refractivity contribution in [2.75, 3.05) is 7.05 Å². The predicted molar refractivity (Wildman–Crippen MR) is 94.1 cm³/mol. The number of carbonyl (C=O) groups is 1. The van der Waals surface area contributed by atoms with Crippen LogP contribution < -0.4 is 15.8 Å². The van der Waals surface area contributed by atoms with Crippen molar-refractivity contribution in [3.8, 4) is 5.75 Å². The molecule has 2 aliphatic rings. The maximum Gasteiger partial charge on any atom is 0.249 e. The van der Waals surface area contributed by atoms with Gasteiger partial charge in [0.15, 0.2) is 0 Å². The Morgan fingerprint density at radius 2 is 2.04 bits per heavy atom. The summed E-state index contributed by atoms with van der Waals surface area (Å²) in [5, 5.41) is 3.31. The van der Waals surface area contributed by atoms with E-state index in [9.17, 15) is 4.79 Å². The molecule has 1 spiro atoms. The van der Waals surface area contributed by atoms with Crippen LogP contribution in [0.15, 0.2) is 53.0 Å². The summed E-state index contributed by atoms with van der Waals surface area (Å²) in [7, 11) is 1.72. The average Bonchev–Trinajstić information content (AvgIpc) is 2.81. The van der Waals surface area contributed by atoms with Gasteiger partial charge in [-0.1, -0.05) is 46.3 Å². The lowest BCUT2D eigenvalue weighted by molar-refractivity contribution is -0.134. The highest BCUT2D eigenvalue weighted by Crippen LogP contribution is 2.48. The van der Waals surface area contributed by atoms with Gasteiger partial charge in [-0.15, -0.1) is 0 Å². The number of fused-ring (bicyclic) bond motifs is 2. The van der Waals surface area contributed by atoms with Gasteiger partial charge >= 0.3 is 0 Å². The van der Waals surface area contributed by atoms with Crippen molar-refractivity contribution in [2.45, 2.75) is 24.4 Å². The van der Waals surface area contributed by atoms with E-state index in [0.717, 1.165) is 15.6 Å². The van der Waals surface area contributed by atoms with Gasteiger partial charge in [0.1, 0.15) is 23.7 Å². The maximum absolute atomic E-state index is 13.1. The van der Waals surface area contributed by atoms with E-state index in [4.69, 9.17) is 10.5 Å². The van der Waals surface area contributed by atoms with Crippen LogP contribution in [-0.2, 0) is 10.3 Å². The number of nitrogens with one attached hydrogen (secondary N) is 1. The number of likely N-dealkylation sites (N-methyl/N-ethyl adjacent to an activating group) is 1. The predicted octanol–water partition coefficient (Wildman–Crippen LogP) is 2.47. The lowest BCUT2D eigenvalue weighted by Crippen LogP contribution is -2.50. The van der Waals surface area contributed by atoms with Gasteiger partial charge in [0.2, 0.25) is 5.91 Å². The normalized spacial score (nSPS) is 28.8. The fourth-order valence-corrected chi connectivity index (χ4v) is 3.91. The molecule has 6 heteroatoms. The smallest absolute Gasteiger partial charge is 0.249 e. The fraction of sp³-hybridized carbons (Fsp3) is 0.278. The molecule has 0 aromatic heterocycles. The van der Waals surface area contributed by atoms with Crippen molar-refractivity contribution in [1.82, 2.24) is 10.2 Å². The highest BCUT2D eigenvalue weighted by Gasteiger charge is 2.55. The summed E-state index contributed by atoms with van der Waals surface area (Å²) in [5.74, 6) is 0.681. The van der Waals surface area contributed by atoms with Crippen molar-refractivity contribution >= 4 is 21.8 Å². The van der Waals surface area contributed by atoms with Crippen LogP contribution >= 0.6 is 15.9 Å². The molecule has 3 N–H and O–H groups in total. The minimum absolute atomic E-state index is 0.0291. The standard InChI is InChI=1S/C18H18BrN3O2/c1-22-16(23)18(21-17(22)20)10-15(11-5-3-2-4-6-11)24-14-8-7-12(19)9-13(14)18/h2-9,15,17,21H,10,20H2,1H3. The van der Waals surface area contributed by atoms with E-state index in [1.54, 1.807) is 11.9 Å². The van der Waals surface area contributed by atoms with Crippen LogP contribution in [0.5, 0.6) is 5.75 Å². The van der Waals surface area contributed by atoms with Crippen LogP contribution in [0.1, 0.15) is 23.7 Å². The quantitative estimate of drug-likeness (QED) is 0.788. The number of benzene rings is 2. The zero-order valence-corrected chi connectivity index (χ0v) is 14.8. The molecule has 24 heavy (non-hydrogen) atoms. The molecule has 1 fully saturated rings.